The summed E-state index contributed by atoms with van der Waals surface area (Å²) in [6, 6.07) is 29.2. The number of aryl methyl sites for hydroxylation is 2. The van der Waals surface area contributed by atoms with E-state index in [2.05, 4.69) is 317 Å². The number of hydrogen-bond acceptors (Lipinski definition) is 3. The summed E-state index contributed by atoms with van der Waals surface area (Å²) in [6.07, 6.45) is 95.7. The van der Waals surface area contributed by atoms with Crippen LogP contribution in [0.25, 0.3) is 0 Å². The Morgan fingerprint density at radius 3 is 1.08 bits per heavy atom. The first-order chi connectivity index (χ1) is 59.7. The lowest BCUT2D eigenvalue weighted by molar-refractivity contribution is -0.115. The van der Waals surface area contributed by atoms with Gasteiger partial charge in [-0.1, -0.05) is 355 Å². The van der Waals surface area contributed by atoms with Crippen molar-refractivity contribution in [3.8, 4) is 0 Å². The molecule has 0 spiro atoms. The third-order valence-electron chi connectivity index (χ3n) is 23.7. The van der Waals surface area contributed by atoms with Crippen LogP contribution in [0.2, 0.25) is 6.55 Å². The van der Waals surface area contributed by atoms with Crippen LogP contribution < -0.4 is 0 Å². The molecule has 2 fully saturated rings. The lowest BCUT2D eigenvalue weighted by Crippen LogP contribution is -2.47. The fourth-order valence-corrected chi connectivity index (χ4v) is 14.5. The molecule has 5 unspecified atom stereocenters. The van der Waals surface area contributed by atoms with E-state index >= 15 is 0 Å². The van der Waals surface area contributed by atoms with Gasteiger partial charge in [0.05, 0.1) is 0 Å². The van der Waals surface area contributed by atoms with E-state index in [4.69, 9.17) is 0 Å². The topological polar surface area (TPSA) is 46.5 Å². The van der Waals surface area contributed by atoms with Crippen LogP contribution in [-0.4, -0.2) is 16.0 Å². The van der Waals surface area contributed by atoms with Gasteiger partial charge in [-0.25, -0.2) is 0 Å². The number of carbonyl (C=O) groups is 1. The van der Waals surface area contributed by atoms with Crippen molar-refractivity contribution in [3.63, 3.8) is 0 Å². The molecule has 2 saturated carbocycles. The van der Waals surface area contributed by atoms with Gasteiger partial charge in [0.25, 0.3) is 0 Å². The Balaban J connectivity index is -0.00000127. The second-order valence-electron chi connectivity index (χ2n) is 38.6. The van der Waals surface area contributed by atoms with Gasteiger partial charge in [0.15, 0.2) is 0 Å². The van der Waals surface area contributed by atoms with Crippen molar-refractivity contribution in [2.75, 3.05) is 0 Å². The van der Waals surface area contributed by atoms with Gasteiger partial charge >= 0.3 is 0 Å². The van der Waals surface area contributed by atoms with Crippen molar-refractivity contribution in [2.45, 2.75) is 410 Å². The first-order valence-corrected chi connectivity index (χ1v) is 52.1. The molecule has 0 heterocycles. The molecule has 702 valence electrons. The van der Waals surface area contributed by atoms with Crippen molar-refractivity contribution in [1.29, 1.82) is 0 Å². The molecule has 0 aliphatic heterocycles. The van der Waals surface area contributed by atoms with Crippen molar-refractivity contribution in [2.24, 2.45) is 51.5 Å². The van der Waals surface area contributed by atoms with Gasteiger partial charge in [0, 0.05) is 0 Å². The zero-order valence-corrected chi connectivity index (χ0v) is 88.5. The molecule has 0 amide bonds. The van der Waals surface area contributed by atoms with Crippen LogP contribution in [0.15, 0.2) is 287 Å². The number of fused-ring (bicyclic) bond motifs is 3. The lowest BCUT2D eigenvalue weighted by Gasteiger charge is -2.56. The number of carbonyl (C=O) groups excluding carboxylic acids is 1. The third-order valence-corrected chi connectivity index (χ3v) is 23.7. The maximum absolute atomic E-state index is 9.76. The molecule has 0 saturated heterocycles. The number of nitroso groups, excluding NO2 is 1. The third kappa shape index (κ3) is 78.9. The highest BCUT2D eigenvalue weighted by Crippen LogP contribution is 2.59. The van der Waals surface area contributed by atoms with E-state index in [1.807, 2.05) is 48.5 Å². The molecule has 0 aromatic heterocycles. The van der Waals surface area contributed by atoms with E-state index in [-0.39, 0.29) is 5.78 Å². The summed E-state index contributed by atoms with van der Waals surface area (Å²) < 4.78 is 0. The Labute approximate surface area is 780 Å². The highest BCUT2D eigenvalue weighted by Gasteiger charge is 2.49. The second-order valence-corrected chi connectivity index (χ2v) is 38.6. The zero-order valence-electron chi connectivity index (χ0n) is 86.5. The van der Waals surface area contributed by atoms with E-state index in [1.54, 1.807) is 52.1 Å². The van der Waals surface area contributed by atoms with Crippen LogP contribution in [0, 0.1) is 65.1 Å². The highest BCUT2D eigenvalue weighted by molar-refractivity contribution is 6.05. The second kappa shape index (κ2) is 82.7. The van der Waals surface area contributed by atoms with E-state index < -0.39 is 0 Å². The Bertz CT molecular complexity index is 3490. The van der Waals surface area contributed by atoms with Crippen molar-refractivity contribution in [1.82, 2.24) is 0 Å². The largest absolute Gasteiger partial charge is 0.300 e. The summed E-state index contributed by atoms with van der Waals surface area (Å²) in [5.41, 5.74) is 19.2. The molecule has 0 N–H and O–H groups in total. The van der Waals surface area contributed by atoms with Crippen molar-refractivity contribution >= 4 is 21.7 Å². The number of rotatable bonds is 4. The molecule has 0 radical (unpaired) electrons. The van der Waals surface area contributed by atoms with Gasteiger partial charge in [-0.15, -0.1) is 11.5 Å². The van der Waals surface area contributed by atoms with Crippen LogP contribution in [0.1, 0.15) is 401 Å². The summed E-state index contributed by atoms with van der Waals surface area (Å²) >= 11 is 0. The zero-order chi connectivity index (χ0) is 94.2. The standard InChI is InChI=1S/3C10H16.C8H14.C8H12.C7H10.C7H12.2C7H8.C7H12.C6H5NO.2C6H10.3C6H12.C3H6O.CH6Si/c1-7-4-5-8-6-9(7)10(8,2)3;2*1-8(2)10-6-4-9(3)5-7-10;2*1-2-4-6-8-7-5-3-1;1-2-7-4-3-6(1)5-7;3*1-7-5-3-2-4-6-7;1-2-4-6-7-5-3-1;8-7-6-4-2-1-3-5-6;1-6-4-2-3-5-6;1-2-4-6-5-3-1;1-5-6(2,3)4;1-5(2)6(3)4;1-4-5-6(2)3;1-3(2)4;1-2/h4,8-9H,5-6H2,1-3H3;4,6,8H,5,7H2,1-3H3;4,10H,1,5-7H2,2-3H3;1-2H,3-8H2;1-4H,5-8H2;1-2,6-7H,3-5H2;5H,2-4,6H2,1H3;2*2-6H,1H3;1-2H,3-7H2;1-5H;4H,2-3,5H2,1H3;1-2H,3-6H2;5H,1H2,2-4H3;1-4H3;5H,4H2,1-3H3;1-2H3;1-2H3. The number of allylic oxidation sites excluding steroid dienone is 30. The Kier molecular flexibility index (Phi) is 80.8. The summed E-state index contributed by atoms with van der Waals surface area (Å²) in [7, 11) is 1.31. The average Bonchev–Trinajstić information content (AvgIpc) is 1.03. The highest BCUT2D eigenvalue weighted by atomic mass is 28.1. The predicted molar refractivity (Wildman–Crippen MR) is 574 cm³/mol. The van der Waals surface area contributed by atoms with E-state index in [9.17, 15) is 9.70 Å². The van der Waals surface area contributed by atoms with Crippen molar-refractivity contribution < 1.29 is 4.79 Å². The fraction of sp³-hybridized carbons (Fsp3) is 0.579. The number of nitrogens with zero attached hydrogens (tertiary/aromatic N) is 1. The van der Waals surface area contributed by atoms with Crippen LogP contribution in [0.3, 0.4) is 0 Å². The van der Waals surface area contributed by atoms with Gasteiger partial charge in [0.2, 0.25) is 0 Å². The van der Waals surface area contributed by atoms with Crippen LogP contribution in [0.4, 0.5) is 5.69 Å². The summed E-state index contributed by atoms with van der Waals surface area (Å²) in [5, 5.41) is 2.72. The smallest absolute Gasteiger partial charge is 0.126 e. The minimum Gasteiger partial charge on any atom is -0.300 e. The SMILES string of the molecule is C1=CC2CCC1C2.C1=CCCCC1.C1=CCCCCC1.C1=CCCCCC=C1.C1=CCCCCCC1.C=C(C)C1CC=C(C)CC1.C=CC(C)(C)C.CC(C)=C(C)C.CC(C)=O.CC1=CC=C(C(C)C)CC1.CC1=CCC2CC1C2(C)C.CC1=CCCC1.CC1=CCCCC1.CCC=C(C)C.C[SiH3].Cc1ccccc1.Cc1ccccc1.O=Nc1ccccc1. The van der Waals surface area contributed by atoms with E-state index in [1.165, 1.54) is 301 Å². The maximum Gasteiger partial charge on any atom is 0.126 e. The molecule has 3 aromatic rings. The van der Waals surface area contributed by atoms with Crippen LogP contribution in [-0.2, 0) is 4.79 Å². The molecular weight excluding hydrogens is 1530 g/mol. The predicted octanol–water partition coefficient (Wildman–Crippen LogP) is 39.4. The Hall–Kier alpha value is -7.01. The van der Waals surface area contributed by atoms with Gasteiger partial charge in [-0.3, -0.25) is 0 Å². The van der Waals surface area contributed by atoms with Gasteiger partial charge in [-0.05, 0) is 403 Å². The Morgan fingerprint density at radius 1 is 0.472 bits per heavy atom. The maximum atomic E-state index is 9.76. The van der Waals surface area contributed by atoms with Gasteiger partial charge in [0.1, 0.15) is 11.5 Å². The molecule has 13 aliphatic carbocycles. The van der Waals surface area contributed by atoms with Crippen LogP contribution in [0.5, 0.6) is 0 Å². The fourth-order valence-electron chi connectivity index (χ4n) is 14.5. The quantitative estimate of drug-likeness (QED) is 0.148. The first kappa shape index (κ1) is 122. The summed E-state index contributed by atoms with van der Waals surface area (Å²) in [6.45, 7) is 60.8. The molecule has 4 bridgehead atoms. The minimum atomic E-state index is 0.167. The molecule has 4 heteroatoms. The lowest BCUT2D eigenvalue weighted by atomic mass is 9.49. The molecular formula is C121H197NO2Si. The molecule has 125 heavy (non-hydrogen) atoms. The number of hydrogen-bond donors (Lipinski definition) is 0. The molecule has 13 aliphatic rings. The molecule has 3 aromatic carbocycles. The van der Waals surface area contributed by atoms with Crippen LogP contribution >= 0.6 is 0 Å². The minimum absolute atomic E-state index is 0.167. The summed E-state index contributed by atoms with van der Waals surface area (Å²) in [5.74, 6) is 5.58. The molecule has 3 nitrogen and oxygen atoms in total. The van der Waals surface area contributed by atoms with E-state index in [0.29, 0.717) is 16.5 Å². The van der Waals surface area contributed by atoms with Gasteiger partial charge in [-0.2, -0.15) is 0 Å². The first-order valence-electron chi connectivity index (χ1n) is 50.1. The van der Waals surface area contributed by atoms with Crippen molar-refractivity contribution in [3.05, 3.63) is 297 Å². The number of Topliss-reactive ketones (excluding diaryl/α,β-unsaturated/α-hetero) is 1. The number of benzene rings is 3. The monoisotopic (exact) mass is 1720 g/mol. The molecule has 5 atom stereocenters. The van der Waals surface area contributed by atoms with Gasteiger partial charge < -0.3 is 4.79 Å². The Morgan fingerprint density at radius 2 is 0.856 bits per heavy atom. The van der Waals surface area contributed by atoms with E-state index in [0.717, 1.165) is 35.5 Å². The number of ketones is 1. The summed E-state index contributed by atoms with van der Waals surface area (Å²) in [4.78, 5) is 19.2. The normalized spacial score (nSPS) is 19.7. The molecule has 16 rings (SSSR count). The average molecular weight is 1730 g/mol.